The van der Waals surface area contributed by atoms with Crippen molar-refractivity contribution in [2.24, 2.45) is 0 Å². The van der Waals surface area contributed by atoms with Crippen LogP contribution in [0, 0.1) is 0 Å². The summed E-state index contributed by atoms with van der Waals surface area (Å²) in [7, 11) is 0. The number of allylic oxidation sites excluding steroid dienone is 1. The van der Waals surface area contributed by atoms with Crippen molar-refractivity contribution < 1.29 is 19.8 Å². The number of amides is 1. The molecule has 1 unspecified atom stereocenters. The molecule has 0 aliphatic carbocycles. The molecule has 1 amide bonds. The zero-order valence-corrected chi connectivity index (χ0v) is 16.8. The molecule has 5 heteroatoms. The van der Waals surface area contributed by atoms with Gasteiger partial charge in [0.15, 0.2) is 0 Å². The van der Waals surface area contributed by atoms with Gasteiger partial charge >= 0.3 is 5.97 Å². The van der Waals surface area contributed by atoms with Crippen LogP contribution in [0.1, 0.15) is 97.3 Å². The molecule has 0 aromatic rings. The Morgan fingerprint density at radius 1 is 0.923 bits per heavy atom. The number of hydrogen-bond donors (Lipinski definition) is 2. The van der Waals surface area contributed by atoms with Crippen LogP contribution in [0.4, 0.5) is 0 Å². The Kier molecular flexibility index (Phi) is 16.2. The number of nitrogens with zero attached hydrogens (tertiary/aromatic N) is 1. The number of aliphatic hydroxyl groups excluding tert-OH is 1. The molecule has 1 atom stereocenters. The van der Waals surface area contributed by atoms with Crippen LogP contribution in [0.15, 0.2) is 12.3 Å². The van der Waals surface area contributed by atoms with Crippen molar-refractivity contribution in [1.82, 2.24) is 4.90 Å². The number of unbranched alkanes of at least 4 members (excludes halogenated alkanes) is 10. The molecule has 0 aliphatic rings. The van der Waals surface area contributed by atoms with Gasteiger partial charge in [-0.2, -0.15) is 0 Å². The van der Waals surface area contributed by atoms with Crippen LogP contribution in [0.3, 0.4) is 0 Å². The highest BCUT2D eigenvalue weighted by molar-refractivity contribution is 5.81. The van der Waals surface area contributed by atoms with Gasteiger partial charge in [-0.3, -0.25) is 9.59 Å². The molecule has 0 spiro atoms. The normalized spacial score (nSPS) is 12.4. The predicted octanol–water partition coefficient (Wildman–Crippen LogP) is 4.89. The van der Waals surface area contributed by atoms with Crippen molar-refractivity contribution in [3.63, 3.8) is 0 Å². The van der Waals surface area contributed by atoms with Gasteiger partial charge in [0.1, 0.15) is 0 Å². The molecule has 152 valence electrons. The molecule has 0 saturated carbocycles. The Balaban J connectivity index is 3.84. The second-order valence-corrected chi connectivity index (χ2v) is 7.14. The van der Waals surface area contributed by atoms with Gasteiger partial charge in [-0.15, -0.1) is 0 Å². The molecule has 5 nitrogen and oxygen atoms in total. The van der Waals surface area contributed by atoms with Crippen LogP contribution in [0.25, 0.3) is 0 Å². The van der Waals surface area contributed by atoms with E-state index in [-0.39, 0.29) is 25.3 Å². The predicted molar refractivity (Wildman–Crippen MR) is 106 cm³/mol. The first-order chi connectivity index (χ1) is 12.5. The molecule has 0 aliphatic heterocycles. The third-order valence-corrected chi connectivity index (χ3v) is 4.34. The molecule has 26 heavy (non-hydrogen) atoms. The number of carboxylic acid groups (broad SMARTS) is 1. The van der Waals surface area contributed by atoms with E-state index in [4.69, 9.17) is 5.11 Å². The Bertz CT molecular complexity index is 393. The van der Waals surface area contributed by atoms with Gasteiger partial charge in [-0.05, 0) is 19.8 Å². The average molecular weight is 370 g/mol. The molecule has 0 rings (SSSR count). The number of hydrogen-bond acceptors (Lipinski definition) is 3. The number of aliphatic hydroxyl groups is 1. The summed E-state index contributed by atoms with van der Waals surface area (Å²) >= 11 is 0. The maximum Gasteiger partial charge on any atom is 0.303 e. The molecule has 0 heterocycles. The summed E-state index contributed by atoms with van der Waals surface area (Å²) in [6.45, 7) is 4.06. The average Bonchev–Trinajstić information content (AvgIpc) is 2.59. The molecule has 0 bridgehead atoms. The summed E-state index contributed by atoms with van der Waals surface area (Å²) in [5.41, 5.74) is 0. The third-order valence-electron chi connectivity index (χ3n) is 4.34. The monoisotopic (exact) mass is 369 g/mol. The van der Waals surface area contributed by atoms with Crippen LogP contribution >= 0.6 is 0 Å². The van der Waals surface area contributed by atoms with E-state index in [1.165, 1.54) is 62.7 Å². The highest BCUT2D eigenvalue weighted by Gasteiger charge is 2.14. The van der Waals surface area contributed by atoms with Crippen LogP contribution in [-0.4, -0.2) is 39.6 Å². The summed E-state index contributed by atoms with van der Waals surface area (Å²) in [4.78, 5) is 24.0. The van der Waals surface area contributed by atoms with Gasteiger partial charge in [-0.25, -0.2) is 0 Å². The van der Waals surface area contributed by atoms with E-state index in [1.807, 2.05) is 6.08 Å². The Morgan fingerprint density at radius 2 is 1.46 bits per heavy atom. The second kappa shape index (κ2) is 17.1. The standard InChI is InChI=1S/C21H39NO4/c1-3-4-5-6-7-8-9-10-11-12-13-14-17-22(18-19(2)23)20(24)15-16-21(25)26/h14,17,19,23H,3-13,15-16,18H2,1-2H3,(H,25,26). The molecular formula is C21H39NO4. The topological polar surface area (TPSA) is 77.8 Å². The smallest absolute Gasteiger partial charge is 0.303 e. The molecule has 0 saturated heterocycles. The minimum Gasteiger partial charge on any atom is -0.481 e. The minimum absolute atomic E-state index is 0.0371. The van der Waals surface area contributed by atoms with Crippen LogP contribution in [0.2, 0.25) is 0 Å². The first kappa shape index (κ1) is 24.6. The van der Waals surface area contributed by atoms with Gasteiger partial charge in [0.2, 0.25) is 5.91 Å². The van der Waals surface area contributed by atoms with Gasteiger partial charge in [0.25, 0.3) is 0 Å². The zero-order valence-electron chi connectivity index (χ0n) is 16.8. The van der Waals surface area contributed by atoms with Gasteiger partial charge in [0, 0.05) is 12.6 Å². The number of carboxylic acids is 1. The fourth-order valence-corrected chi connectivity index (χ4v) is 2.84. The largest absolute Gasteiger partial charge is 0.481 e. The summed E-state index contributed by atoms with van der Waals surface area (Å²) in [5, 5.41) is 18.2. The van der Waals surface area contributed by atoms with E-state index in [1.54, 1.807) is 13.1 Å². The lowest BCUT2D eigenvalue weighted by Crippen LogP contribution is -2.32. The van der Waals surface area contributed by atoms with Crippen molar-refractivity contribution in [2.75, 3.05) is 6.54 Å². The van der Waals surface area contributed by atoms with Crippen LogP contribution in [0.5, 0.6) is 0 Å². The minimum atomic E-state index is -0.982. The van der Waals surface area contributed by atoms with Crippen LogP contribution < -0.4 is 0 Å². The summed E-state index contributed by atoms with van der Waals surface area (Å²) in [6, 6.07) is 0. The lowest BCUT2D eigenvalue weighted by atomic mass is 10.1. The number of carbonyl (C=O) groups excluding carboxylic acids is 1. The van der Waals surface area contributed by atoms with Crippen LogP contribution in [-0.2, 0) is 9.59 Å². The van der Waals surface area contributed by atoms with Crippen molar-refractivity contribution in [3.05, 3.63) is 12.3 Å². The van der Waals surface area contributed by atoms with Crippen molar-refractivity contribution in [1.29, 1.82) is 0 Å². The zero-order chi connectivity index (χ0) is 19.6. The Hall–Kier alpha value is -1.36. The van der Waals surface area contributed by atoms with E-state index in [0.717, 1.165) is 12.8 Å². The SMILES string of the molecule is CCCCCCCCCCCCC=CN(CC(C)O)C(=O)CCC(=O)O. The molecule has 0 aromatic carbocycles. The highest BCUT2D eigenvalue weighted by Crippen LogP contribution is 2.11. The van der Waals surface area contributed by atoms with E-state index >= 15 is 0 Å². The first-order valence-corrected chi connectivity index (χ1v) is 10.3. The summed E-state index contributed by atoms with van der Waals surface area (Å²) in [6.07, 6.45) is 16.6. The van der Waals surface area contributed by atoms with Crippen molar-refractivity contribution >= 4 is 11.9 Å². The van der Waals surface area contributed by atoms with E-state index in [9.17, 15) is 14.7 Å². The van der Waals surface area contributed by atoms with Crippen molar-refractivity contribution in [3.8, 4) is 0 Å². The number of carbonyl (C=O) groups is 2. The van der Waals surface area contributed by atoms with Crippen molar-refractivity contribution in [2.45, 2.75) is 103 Å². The molecule has 0 aromatic heterocycles. The highest BCUT2D eigenvalue weighted by atomic mass is 16.4. The summed E-state index contributed by atoms with van der Waals surface area (Å²) in [5.74, 6) is -1.24. The fraction of sp³-hybridized carbons (Fsp3) is 0.810. The quantitative estimate of drug-likeness (QED) is 0.358. The summed E-state index contributed by atoms with van der Waals surface area (Å²) < 4.78 is 0. The Morgan fingerprint density at radius 3 is 1.96 bits per heavy atom. The molecule has 0 fully saturated rings. The molecular weight excluding hydrogens is 330 g/mol. The maximum atomic E-state index is 12.0. The lowest BCUT2D eigenvalue weighted by Gasteiger charge is -2.19. The van der Waals surface area contributed by atoms with E-state index in [0.29, 0.717) is 0 Å². The van der Waals surface area contributed by atoms with Gasteiger partial charge in [-0.1, -0.05) is 70.8 Å². The molecule has 2 N–H and O–H groups in total. The first-order valence-electron chi connectivity index (χ1n) is 10.3. The van der Waals surface area contributed by atoms with E-state index in [2.05, 4.69) is 6.92 Å². The third kappa shape index (κ3) is 16.1. The Labute approximate surface area is 159 Å². The van der Waals surface area contributed by atoms with Gasteiger partial charge < -0.3 is 15.1 Å². The molecule has 0 radical (unpaired) electrons. The number of rotatable bonds is 17. The van der Waals surface area contributed by atoms with E-state index < -0.39 is 12.1 Å². The fourth-order valence-electron chi connectivity index (χ4n) is 2.84. The maximum absolute atomic E-state index is 12.0. The number of aliphatic carboxylic acids is 1. The lowest BCUT2D eigenvalue weighted by molar-refractivity contribution is -0.140. The second-order valence-electron chi connectivity index (χ2n) is 7.14. The van der Waals surface area contributed by atoms with Gasteiger partial charge in [0.05, 0.1) is 19.1 Å².